The summed E-state index contributed by atoms with van der Waals surface area (Å²) in [5.41, 5.74) is 8.29. The van der Waals surface area contributed by atoms with Crippen LogP contribution in [0.3, 0.4) is 0 Å². The van der Waals surface area contributed by atoms with Gasteiger partial charge in [-0.15, -0.1) is 0 Å². The zero-order valence-corrected chi connectivity index (χ0v) is 17.0. The van der Waals surface area contributed by atoms with E-state index >= 15 is 0 Å². The third-order valence-corrected chi connectivity index (χ3v) is 7.31. The van der Waals surface area contributed by atoms with Crippen LogP contribution < -0.4 is 11.1 Å². The smallest absolute Gasteiger partial charge is 0.224 e. The lowest BCUT2D eigenvalue weighted by atomic mass is 9.80. The lowest BCUT2D eigenvalue weighted by Crippen LogP contribution is -2.39. The Kier molecular flexibility index (Phi) is 6.55. The summed E-state index contributed by atoms with van der Waals surface area (Å²) in [4.78, 5) is 12.6. The molecule has 0 bridgehead atoms. The van der Waals surface area contributed by atoms with Gasteiger partial charge in [-0.2, -0.15) is 5.26 Å². The van der Waals surface area contributed by atoms with Crippen molar-refractivity contribution >= 4 is 21.4 Å². The van der Waals surface area contributed by atoms with E-state index in [-0.39, 0.29) is 34.9 Å². The number of carbonyl (C=O) groups excluding carboxylic acids is 1. The summed E-state index contributed by atoms with van der Waals surface area (Å²) in [5, 5.41) is 11.2. The number of benzene rings is 2. The van der Waals surface area contributed by atoms with Gasteiger partial charge in [0.1, 0.15) is 6.54 Å². The summed E-state index contributed by atoms with van der Waals surface area (Å²) in [6.45, 7) is -0.0553. The van der Waals surface area contributed by atoms with Gasteiger partial charge in [0, 0.05) is 11.6 Å². The van der Waals surface area contributed by atoms with E-state index in [1.54, 1.807) is 30.3 Å². The van der Waals surface area contributed by atoms with Crippen LogP contribution in [0.1, 0.15) is 25.7 Å². The number of nitrogen functional groups attached to an aromatic ring is 1. The quantitative estimate of drug-likeness (QED) is 0.560. The van der Waals surface area contributed by atoms with Crippen LogP contribution in [0.5, 0.6) is 0 Å². The molecule has 152 valence electrons. The van der Waals surface area contributed by atoms with Crippen molar-refractivity contribution in [3.8, 4) is 17.2 Å². The minimum atomic E-state index is -3.52. The first-order chi connectivity index (χ1) is 13.9. The molecular formula is C22H25N3O3S. The number of hydrogen-bond acceptors (Lipinski definition) is 5. The molecule has 3 N–H and O–H groups in total. The molecule has 2 aromatic rings. The van der Waals surface area contributed by atoms with E-state index in [0.717, 1.165) is 24.0 Å². The second kappa shape index (κ2) is 9.10. The molecule has 1 fully saturated rings. The van der Waals surface area contributed by atoms with E-state index in [1.807, 2.05) is 24.3 Å². The molecule has 1 amide bonds. The van der Waals surface area contributed by atoms with Crippen LogP contribution in [-0.2, 0) is 14.6 Å². The average molecular weight is 412 g/mol. The molecule has 6 nitrogen and oxygen atoms in total. The SMILES string of the molecule is N#CCNC(=O)[C@@H]1CCCC[C@H]1CS(=O)(=O)c1ccc(-c2cccc(N)c2)cc1. The summed E-state index contributed by atoms with van der Waals surface area (Å²) in [6, 6.07) is 16.1. The lowest BCUT2D eigenvalue weighted by Gasteiger charge is -2.30. The molecule has 29 heavy (non-hydrogen) atoms. The predicted molar refractivity (Wildman–Crippen MR) is 112 cm³/mol. The number of hydrogen-bond donors (Lipinski definition) is 2. The van der Waals surface area contributed by atoms with Gasteiger partial charge in [0.15, 0.2) is 9.84 Å². The second-order valence-corrected chi connectivity index (χ2v) is 9.49. The molecule has 0 spiro atoms. The zero-order valence-electron chi connectivity index (χ0n) is 16.2. The minimum Gasteiger partial charge on any atom is -0.399 e. The molecule has 0 saturated heterocycles. The van der Waals surface area contributed by atoms with Crippen molar-refractivity contribution in [3.63, 3.8) is 0 Å². The van der Waals surface area contributed by atoms with Gasteiger partial charge in [-0.05, 0) is 54.2 Å². The van der Waals surface area contributed by atoms with Gasteiger partial charge in [0.05, 0.1) is 16.7 Å². The summed E-state index contributed by atoms with van der Waals surface area (Å²) in [6.07, 6.45) is 3.17. The number of amides is 1. The molecule has 1 aliphatic rings. The monoisotopic (exact) mass is 411 g/mol. The number of carbonyl (C=O) groups is 1. The third-order valence-electron chi connectivity index (χ3n) is 5.45. The maximum Gasteiger partial charge on any atom is 0.224 e. The van der Waals surface area contributed by atoms with Gasteiger partial charge in [0.2, 0.25) is 5.91 Å². The van der Waals surface area contributed by atoms with E-state index in [0.29, 0.717) is 18.5 Å². The highest BCUT2D eigenvalue weighted by Gasteiger charge is 2.34. The van der Waals surface area contributed by atoms with E-state index in [2.05, 4.69) is 5.32 Å². The van der Waals surface area contributed by atoms with Crippen molar-refractivity contribution in [1.29, 1.82) is 5.26 Å². The number of nitriles is 1. The highest BCUT2D eigenvalue weighted by Crippen LogP contribution is 2.33. The van der Waals surface area contributed by atoms with Crippen molar-refractivity contribution in [1.82, 2.24) is 5.32 Å². The van der Waals surface area contributed by atoms with E-state index in [9.17, 15) is 13.2 Å². The third kappa shape index (κ3) is 5.15. The Morgan fingerprint density at radius 3 is 2.52 bits per heavy atom. The van der Waals surface area contributed by atoms with Crippen LogP contribution in [0.15, 0.2) is 53.4 Å². The fourth-order valence-electron chi connectivity index (χ4n) is 3.96. The van der Waals surface area contributed by atoms with E-state index < -0.39 is 9.84 Å². The number of nitrogens with zero attached hydrogens (tertiary/aromatic N) is 1. The highest BCUT2D eigenvalue weighted by molar-refractivity contribution is 7.91. The Bertz CT molecular complexity index is 1010. The fraction of sp³-hybridized carbons (Fsp3) is 0.364. The molecule has 0 heterocycles. The van der Waals surface area contributed by atoms with Crippen molar-refractivity contribution < 1.29 is 13.2 Å². The molecule has 0 aromatic heterocycles. The van der Waals surface area contributed by atoms with Gasteiger partial charge in [-0.3, -0.25) is 4.79 Å². The van der Waals surface area contributed by atoms with E-state index in [1.165, 1.54) is 0 Å². The summed E-state index contributed by atoms with van der Waals surface area (Å²) in [5.74, 6) is -0.877. The van der Waals surface area contributed by atoms with Gasteiger partial charge in [-0.1, -0.05) is 37.1 Å². The van der Waals surface area contributed by atoms with Crippen LogP contribution in [0, 0.1) is 23.2 Å². The standard InChI is InChI=1S/C22H25N3O3S/c23-12-13-25-22(26)21-7-2-1-4-18(21)15-29(27,28)20-10-8-16(9-11-20)17-5-3-6-19(24)14-17/h3,5-6,8-11,14,18,21H,1-2,4,7,13,15,24H2,(H,25,26)/t18-,21+/m0/s1. The number of nitrogens with two attached hydrogens (primary N) is 1. The molecule has 2 aromatic carbocycles. The van der Waals surface area contributed by atoms with Crippen LogP contribution in [0.4, 0.5) is 5.69 Å². The van der Waals surface area contributed by atoms with Crippen LogP contribution in [-0.4, -0.2) is 26.6 Å². The molecular weight excluding hydrogens is 386 g/mol. The number of anilines is 1. The lowest BCUT2D eigenvalue weighted by molar-refractivity contribution is -0.127. The van der Waals surface area contributed by atoms with Crippen molar-refractivity contribution in [2.75, 3.05) is 18.0 Å². The summed E-state index contributed by atoms with van der Waals surface area (Å²) in [7, 11) is -3.52. The van der Waals surface area contributed by atoms with Crippen LogP contribution >= 0.6 is 0 Å². The van der Waals surface area contributed by atoms with E-state index in [4.69, 9.17) is 11.0 Å². The zero-order chi connectivity index (χ0) is 20.9. The Morgan fingerprint density at radius 2 is 1.83 bits per heavy atom. The minimum absolute atomic E-state index is 0.0553. The Balaban J connectivity index is 1.76. The molecule has 2 atom stereocenters. The van der Waals surface area contributed by atoms with Crippen molar-refractivity contribution in [2.24, 2.45) is 11.8 Å². The van der Waals surface area contributed by atoms with Gasteiger partial charge < -0.3 is 11.1 Å². The Hall–Kier alpha value is -2.85. The Morgan fingerprint density at radius 1 is 1.10 bits per heavy atom. The molecule has 3 rings (SSSR count). The molecule has 1 saturated carbocycles. The Labute approximate surface area is 171 Å². The molecule has 7 heteroatoms. The molecule has 0 radical (unpaired) electrons. The fourth-order valence-corrected chi connectivity index (χ4v) is 5.67. The largest absolute Gasteiger partial charge is 0.399 e. The van der Waals surface area contributed by atoms with Gasteiger partial charge in [0.25, 0.3) is 0 Å². The predicted octanol–water partition coefficient (Wildman–Crippen LogP) is 3.16. The molecule has 0 aliphatic heterocycles. The first kappa shape index (κ1) is 20.9. The normalized spacial score (nSPS) is 19.3. The second-order valence-electron chi connectivity index (χ2n) is 7.46. The summed E-state index contributed by atoms with van der Waals surface area (Å²) >= 11 is 0. The van der Waals surface area contributed by atoms with Crippen LogP contribution in [0.25, 0.3) is 11.1 Å². The van der Waals surface area contributed by atoms with Gasteiger partial charge in [-0.25, -0.2) is 8.42 Å². The number of sulfone groups is 1. The maximum absolute atomic E-state index is 13.0. The highest BCUT2D eigenvalue weighted by atomic mass is 32.2. The van der Waals surface area contributed by atoms with Gasteiger partial charge >= 0.3 is 0 Å². The van der Waals surface area contributed by atoms with Crippen LogP contribution in [0.2, 0.25) is 0 Å². The molecule has 0 unspecified atom stereocenters. The molecule has 1 aliphatic carbocycles. The van der Waals surface area contributed by atoms with Crippen molar-refractivity contribution in [3.05, 3.63) is 48.5 Å². The average Bonchev–Trinajstić information content (AvgIpc) is 2.72. The summed E-state index contributed by atoms with van der Waals surface area (Å²) < 4.78 is 26.0. The maximum atomic E-state index is 13.0. The number of nitrogens with one attached hydrogen (secondary N) is 1. The first-order valence-electron chi connectivity index (χ1n) is 9.74. The first-order valence-corrected chi connectivity index (χ1v) is 11.4. The topological polar surface area (TPSA) is 113 Å². The van der Waals surface area contributed by atoms with Crippen molar-refractivity contribution in [2.45, 2.75) is 30.6 Å². The number of rotatable bonds is 6.